The van der Waals surface area contributed by atoms with E-state index in [-0.39, 0.29) is 31.3 Å². The highest BCUT2D eigenvalue weighted by Gasteiger charge is 2.33. The Kier molecular flexibility index (Phi) is 9.16. The van der Waals surface area contributed by atoms with Gasteiger partial charge in [-0.25, -0.2) is 4.79 Å². The third-order valence-electron chi connectivity index (χ3n) is 6.34. The fraction of sp³-hybridized carbons (Fsp3) is 0.519. The Bertz CT molecular complexity index is 932. The summed E-state index contributed by atoms with van der Waals surface area (Å²) >= 11 is 6.13. The van der Waals surface area contributed by atoms with Crippen LogP contribution in [0.1, 0.15) is 31.0 Å². The van der Waals surface area contributed by atoms with Crippen LogP contribution in [0.15, 0.2) is 54.6 Å². The number of carbonyl (C=O) groups is 1. The van der Waals surface area contributed by atoms with Crippen molar-refractivity contribution in [1.82, 2.24) is 9.80 Å². The highest BCUT2D eigenvalue weighted by Crippen LogP contribution is 2.30. The first-order valence-electron chi connectivity index (χ1n) is 12.2. The predicted molar refractivity (Wildman–Crippen MR) is 134 cm³/mol. The van der Waals surface area contributed by atoms with Gasteiger partial charge in [0.15, 0.2) is 5.79 Å². The van der Waals surface area contributed by atoms with E-state index >= 15 is 0 Å². The van der Waals surface area contributed by atoms with Gasteiger partial charge in [0, 0.05) is 37.7 Å². The first-order valence-corrected chi connectivity index (χ1v) is 12.6. The van der Waals surface area contributed by atoms with Crippen LogP contribution in [0.2, 0.25) is 5.02 Å². The molecule has 0 spiro atoms. The minimum atomic E-state index is -0.618. The van der Waals surface area contributed by atoms with Crippen molar-refractivity contribution in [1.29, 1.82) is 0 Å². The second-order valence-corrected chi connectivity index (χ2v) is 9.87. The van der Waals surface area contributed by atoms with Crippen LogP contribution in [0.25, 0.3) is 0 Å². The van der Waals surface area contributed by atoms with Crippen molar-refractivity contribution < 1.29 is 23.7 Å². The van der Waals surface area contributed by atoms with Crippen molar-refractivity contribution in [3.8, 4) is 0 Å². The van der Waals surface area contributed by atoms with Crippen LogP contribution in [-0.4, -0.2) is 86.8 Å². The molecule has 0 saturated carbocycles. The number of ether oxygens (including phenoxy) is 4. The first kappa shape index (κ1) is 26.1. The molecule has 0 amide bonds. The van der Waals surface area contributed by atoms with Crippen molar-refractivity contribution >= 4 is 17.6 Å². The maximum absolute atomic E-state index is 11.9. The zero-order chi connectivity index (χ0) is 24.7. The normalized spacial score (nSPS) is 21.6. The second-order valence-electron chi connectivity index (χ2n) is 9.43. The van der Waals surface area contributed by atoms with E-state index < -0.39 is 5.79 Å². The molecule has 0 aliphatic carbocycles. The van der Waals surface area contributed by atoms with Crippen LogP contribution >= 0.6 is 11.6 Å². The quantitative estimate of drug-likeness (QED) is 0.362. The molecule has 4 rings (SSSR count). The molecule has 2 aliphatic rings. The number of benzene rings is 2. The zero-order valence-electron chi connectivity index (χ0n) is 20.5. The molecule has 8 heteroatoms. The lowest BCUT2D eigenvalue weighted by molar-refractivity contribution is -0.161. The molecule has 0 radical (unpaired) electrons. The third-order valence-corrected chi connectivity index (χ3v) is 6.59. The highest BCUT2D eigenvalue weighted by molar-refractivity contribution is 6.30. The predicted octanol–water partition coefficient (Wildman–Crippen LogP) is 3.76. The van der Waals surface area contributed by atoms with Crippen LogP contribution in [0.3, 0.4) is 0 Å². The van der Waals surface area contributed by atoms with Crippen molar-refractivity contribution in [2.24, 2.45) is 0 Å². The van der Waals surface area contributed by atoms with E-state index in [0.29, 0.717) is 13.2 Å². The Labute approximate surface area is 212 Å². The minimum Gasteiger partial charge on any atom is -0.461 e. The van der Waals surface area contributed by atoms with E-state index in [9.17, 15) is 4.79 Å². The van der Waals surface area contributed by atoms with Gasteiger partial charge in [0.2, 0.25) is 0 Å². The summed E-state index contributed by atoms with van der Waals surface area (Å²) in [5, 5.41) is 0.749. The summed E-state index contributed by atoms with van der Waals surface area (Å²) in [5.41, 5.74) is 2.53. The topological polar surface area (TPSA) is 60.5 Å². The second kappa shape index (κ2) is 12.3. The van der Waals surface area contributed by atoms with Crippen molar-refractivity contribution in [2.45, 2.75) is 31.8 Å². The van der Waals surface area contributed by atoms with Gasteiger partial charge in [-0.3, -0.25) is 9.80 Å². The Morgan fingerprint density at radius 2 is 1.74 bits per heavy atom. The average molecular weight is 503 g/mol. The molecule has 2 unspecified atom stereocenters. The van der Waals surface area contributed by atoms with Crippen molar-refractivity contribution in [2.75, 3.05) is 59.2 Å². The molecular weight excluding hydrogens is 468 g/mol. The van der Waals surface area contributed by atoms with Crippen LogP contribution in [0, 0.1) is 0 Å². The maximum Gasteiger partial charge on any atom is 0.332 e. The van der Waals surface area contributed by atoms with E-state index in [1.807, 2.05) is 32.0 Å². The molecule has 2 aromatic carbocycles. The molecule has 2 heterocycles. The fourth-order valence-corrected chi connectivity index (χ4v) is 4.69. The number of carbonyl (C=O) groups excluding carboxylic acids is 1. The Balaban J connectivity index is 1.18. The molecule has 2 fully saturated rings. The summed E-state index contributed by atoms with van der Waals surface area (Å²) in [6, 6.07) is 18.9. The standard InChI is InChI=1S/C27H35ClN2O5/c1-27(2)34-19-24(35-27)18-33-25(31)20-32-17-16-29-12-14-30(15-13-29)26(21-6-4-3-5-7-21)22-8-10-23(28)11-9-22/h3-11,24,26H,12-20H2,1-2H3. The Hall–Kier alpha value is -2.00. The van der Waals surface area contributed by atoms with Gasteiger partial charge in [0.05, 0.1) is 19.3 Å². The van der Waals surface area contributed by atoms with Gasteiger partial charge in [-0.1, -0.05) is 54.1 Å². The molecule has 2 atom stereocenters. The maximum atomic E-state index is 11.9. The van der Waals surface area contributed by atoms with Gasteiger partial charge in [-0.2, -0.15) is 0 Å². The lowest BCUT2D eigenvalue weighted by Gasteiger charge is -2.39. The monoisotopic (exact) mass is 502 g/mol. The third kappa shape index (κ3) is 7.74. The van der Waals surface area contributed by atoms with Gasteiger partial charge in [0.25, 0.3) is 0 Å². The summed E-state index contributed by atoms with van der Waals surface area (Å²) in [5.74, 6) is -0.996. The summed E-state index contributed by atoms with van der Waals surface area (Å²) < 4.78 is 21.9. The molecular formula is C27H35ClN2O5. The van der Waals surface area contributed by atoms with E-state index in [2.05, 4.69) is 46.2 Å². The molecule has 2 aliphatic heterocycles. The van der Waals surface area contributed by atoms with Crippen LogP contribution in [0.4, 0.5) is 0 Å². The van der Waals surface area contributed by atoms with Crippen LogP contribution < -0.4 is 0 Å². The first-order chi connectivity index (χ1) is 16.9. The molecule has 2 aromatic rings. The number of piperazine rings is 1. The summed E-state index contributed by atoms with van der Waals surface area (Å²) in [6.07, 6.45) is -0.224. The summed E-state index contributed by atoms with van der Waals surface area (Å²) in [6.45, 7) is 9.31. The summed E-state index contributed by atoms with van der Waals surface area (Å²) in [7, 11) is 0. The van der Waals surface area contributed by atoms with E-state index in [1.54, 1.807) is 0 Å². The van der Waals surface area contributed by atoms with E-state index in [0.717, 1.165) is 37.7 Å². The van der Waals surface area contributed by atoms with Gasteiger partial charge in [-0.15, -0.1) is 0 Å². The molecule has 2 saturated heterocycles. The number of halogens is 1. The van der Waals surface area contributed by atoms with E-state index in [4.69, 9.17) is 30.5 Å². The average Bonchev–Trinajstić information content (AvgIpc) is 3.22. The molecule has 190 valence electrons. The molecule has 35 heavy (non-hydrogen) atoms. The molecule has 0 N–H and O–H groups in total. The fourth-order valence-electron chi connectivity index (χ4n) is 4.56. The molecule has 7 nitrogen and oxygen atoms in total. The van der Waals surface area contributed by atoms with E-state index in [1.165, 1.54) is 11.1 Å². The molecule has 0 bridgehead atoms. The van der Waals surface area contributed by atoms with Crippen molar-refractivity contribution in [3.63, 3.8) is 0 Å². The number of nitrogens with zero attached hydrogens (tertiary/aromatic N) is 2. The number of rotatable bonds is 10. The van der Waals surface area contributed by atoms with Crippen LogP contribution in [-0.2, 0) is 23.7 Å². The minimum absolute atomic E-state index is 0.0520. The largest absolute Gasteiger partial charge is 0.461 e. The summed E-state index contributed by atoms with van der Waals surface area (Å²) in [4.78, 5) is 16.8. The number of esters is 1. The van der Waals surface area contributed by atoms with Gasteiger partial charge in [-0.05, 0) is 37.1 Å². The SMILES string of the molecule is CC1(C)OCC(COC(=O)COCCN2CCN(C(c3ccccc3)c3ccc(Cl)cc3)CC2)O1. The van der Waals surface area contributed by atoms with Crippen LogP contribution in [0.5, 0.6) is 0 Å². The lowest BCUT2D eigenvalue weighted by Crippen LogP contribution is -2.48. The number of hydrogen-bond donors (Lipinski definition) is 0. The highest BCUT2D eigenvalue weighted by atomic mass is 35.5. The zero-order valence-corrected chi connectivity index (χ0v) is 21.3. The van der Waals surface area contributed by atoms with Gasteiger partial charge in [0.1, 0.15) is 19.3 Å². The Morgan fingerprint density at radius 3 is 2.40 bits per heavy atom. The number of hydrogen-bond acceptors (Lipinski definition) is 7. The Morgan fingerprint density at radius 1 is 1.06 bits per heavy atom. The lowest BCUT2D eigenvalue weighted by atomic mass is 9.96. The van der Waals surface area contributed by atoms with Gasteiger partial charge < -0.3 is 18.9 Å². The molecule has 0 aromatic heterocycles. The van der Waals surface area contributed by atoms with Gasteiger partial charge >= 0.3 is 5.97 Å². The smallest absolute Gasteiger partial charge is 0.332 e. The van der Waals surface area contributed by atoms with Crippen molar-refractivity contribution in [3.05, 3.63) is 70.7 Å².